The van der Waals surface area contributed by atoms with Crippen molar-refractivity contribution in [2.75, 3.05) is 31.2 Å². The fourth-order valence-corrected chi connectivity index (χ4v) is 6.67. The molecule has 1 saturated carbocycles. The lowest BCUT2D eigenvalue weighted by molar-refractivity contribution is -0.146. The lowest BCUT2D eigenvalue weighted by Crippen LogP contribution is -2.55. The van der Waals surface area contributed by atoms with E-state index in [9.17, 15) is 23.1 Å². The zero-order valence-corrected chi connectivity index (χ0v) is 20.3. The number of rotatable bonds is 5. The second-order valence-corrected chi connectivity index (χ2v) is 11.0. The zero-order valence-electron chi connectivity index (χ0n) is 20.3. The van der Waals surface area contributed by atoms with Crippen LogP contribution < -0.4 is 10.2 Å². The van der Waals surface area contributed by atoms with E-state index in [0.29, 0.717) is 32.0 Å². The summed E-state index contributed by atoms with van der Waals surface area (Å²) in [6.45, 7) is 6.28. The van der Waals surface area contributed by atoms with Crippen molar-refractivity contribution in [3.63, 3.8) is 0 Å². The van der Waals surface area contributed by atoms with Gasteiger partial charge in [-0.1, -0.05) is 13.8 Å². The van der Waals surface area contributed by atoms with E-state index in [1.165, 1.54) is 6.20 Å². The molecule has 3 aliphatic heterocycles. The molecule has 4 aliphatic rings. The van der Waals surface area contributed by atoms with Crippen molar-refractivity contribution < 1.29 is 27.8 Å². The number of nitrogens with one attached hydrogen (secondary N) is 1. The molecule has 7 nitrogen and oxygen atoms in total. The van der Waals surface area contributed by atoms with Crippen molar-refractivity contribution in [2.45, 2.75) is 82.4 Å². The Kier molecular flexibility index (Phi) is 6.51. The summed E-state index contributed by atoms with van der Waals surface area (Å²) >= 11 is 0. The summed E-state index contributed by atoms with van der Waals surface area (Å²) in [5, 5.41) is 13.9. The number of nitrogens with zero attached hydrogens (tertiary/aromatic N) is 3. The Morgan fingerprint density at radius 3 is 2.74 bits per heavy atom. The van der Waals surface area contributed by atoms with E-state index in [-0.39, 0.29) is 36.0 Å². The molecule has 2 bridgehead atoms. The Bertz CT molecular complexity index is 945. The smallest absolute Gasteiger partial charge is 0.389 e. The summed E-state index contributed by atoms with van der Waals surface area (Å²) in [5.74, 6) is 0.355. The maximum Gasteiger partial charge on any atom is 0.433 e. The Hall–Kier alpha value is -1.91. The molecule has 4 fully saturated rings. The van der Waals surface area contributed by atoms with E-state index in [1.54, 1.807) is 6.07 Å². The second kappa shape index (κ2) is 9.19. The summed E-state index contributed by atoms with van der Waals surface area (Å²) in [5.41, 5.74) is -0.822. The number of pyridine rings is 1. The molecule has 6 atom stereocenters. The number of anilines is 1. The highest BCUT2D eigenvalue weighted by Crippen LogP contribution is 2.48. The molecule has 1 aliphatic carbocycles. The first-order valence-electron chi connectivity index (χ1n) is 12.7. The molecule has 3 saturated heterocycles. The van der Waals surface area contributed by atoms with Crippen molar-refractivity contribution in [3.05, 3.63) is 24.0 Å². The topological polar surface area (TPSA) is 77.9 Å². The van der Waals surface area contributed by atoms with Gasteiger partial charge in [0.25, 0.3) is 0 Å². The predicted octanol–water partition coefficient (Wildman–Crippen LogP) is 2.82. The third-order valence-corrected chi connectivity index (χ3v) is 8.72. The second-order valence-electron chi connectivity index (χ2n) is 11.0. The number of aliphatic hydroxyl groups excluding tert-OH is 1. The Balaban J connectivity index is 1.26. The number of carbonyl (C=O) groups excluding carboxylic acids is 1. The van der Waals surface area contributed by atoms with E-state index in [1.807, 2.05) is 9.80 Å². The molecule has 1 amide bonds. The van der Waals surface area contributed by atoms with Gasteiger partial charge in [0.05, 0.1) is 24.2 Å². The molecule has 0 aromatic carbocycles. The molecule has 4 heterocycles. The van der Waals surface area contributed by atoms with E-state index >= 15 is 0 Å². The highest BCUT2D eigenvalue weighted by molar-refractivity contribution is 5.84. The fourth-order valence-electron chi connectivity index (χ4n) is 6.67. The van der Waals surface area contributed by atoms with Gasteiger partial charge in [-0.2, -0.15) is 13.2 Å². The van der Waals surface area contributed by atoms with Gasteiger partial charge in [0.15, 0.2) is 0 Å². The lowest BCUT2D eigenvalue weighted by Gasteiger charge is -2.42. The minimum absolute atomic E-state index is 0.00915. The Morgan fingerprint density at radius 1 is 1.29 bits per heavy atom. The number of carbonyl (C=O) groups is 1. The fraction of sp³-hybridized carbons (Fsp3) is 0.760. The number of ether oxygens (including phenoxy) is 1. The Labute approximate surface area is 204 Å². The summed E-state index contributed by atoms with van der Waals surface area (Å²) in [7, 11) is 0. The molecule has 5 rings (SSSR count). The molecular formula is C25H35F3N4O3. The number of hydrogen-bond acceptors (Lipinski definition) is 6. The van der Waals surface area contributed by atoms with Crippen LogP contribution in [0.25, 0.3) is 0 Å². The lowest BCUT2D eigenvalue weighted by atomic mass is 9.74. The van der Waals surface area contributed by atoms with Crippen molar-refractivity contribution in [3.8, 4) is 0 Å². The molecule has 1 aromatic rings. The number of piperazine rings is 1. The first-order valence-corrected chi connectivity index (χ1v) is 12.7. The van der Waals surface area contributed by atoms with Crippen molar-refractivity contribution in [1.82, 2.24) is 15.2 Å². The van der Waals surface area contributed by atoms with E-state index in [4.69, 9.17) is 4.74 Å². The van der Waals surface area contributed by atoms with Crippen LogP contribution in [0, 0.1) is 11.3 Å². The number of fused-ring (bicyclic) bond motifs is 2. The van der Waals surface area contributed by atoms with Gasteiger partial charge in [0.1, 0.15) is 5.69 Å². The van der Waals surface area contributed by atoms with Crippen LogP contribution in [0.15, 0.2) is 18.3 Å². The number of alkyl halides is 3. The first-order chi connectivity index (χ1) is 16.6. The number of aromatic nitrogens is 1. The molecule has 10 heteroatoms. The quantitative estimate of drug-likeness (QED) is 0.653. The average molecular weight is 497 g/mol. The van der Waals surface area contributed by atoms with Gasteiger partial charge in [0, 0.05) is 49.7 Å². The monoisotopic (exact) mass is 496 g/mol. The number of amides is 1. The van der Waals surface area contributed by atoms with Crippen LogP contribution in [0.4, 0.5) is 18.9 Å². The van der Waals surface area contributed by atoms with Crippen LogP contribution in [0.2, 0.25) is 0 Å². The average Bonchev–Trinajstić information content (AvgIpc) is 3.54. The summed E-state index contributed by atoms with van der Waals surface area (Å²) in [6, 6.07) is 2.92. The van der Waals surface area contributed by atoms with Crippen LogP contribution >= 0.6 is 0 Å². The maximum absolute atomic E-state index is 14.0. The highest BCUT2D eigenvalue weighted by atomic mass is 19.4. The SMILES string of the molecule is CC(C)[C@]1(C(=O)N2C[C@@H]3C[C@H]2CN3c2ccnc(C(F)(F)F)c2)CC[C@@H](N[C@H]2CCOC[C@H]2O)C1. The third kappa shape index (κ3) is 4.53. The zero-order chi connectivity index (χ0) is 25.0. The molecule has 0 radical (unpaired) electrons. The molecule has 0 unspecified atom stereocenters. The van der Waals surface area contributed by atoms with E-state index in [0.717, 1.165) is 38.2 Å². The van der Waals surface area contributed by atoms with Crippen LogP contribution in [0.3, 0.4) is 0 Å². The van der Waals surface area contributed by atoms with Gasteiger partial charge < -0.3 is 25.0 Å². The van der Waals surface area contributed by atoms with E-state index < -0.39 is 23.4 Å². The molecule has 1 aromatic heterocycles. The number of hydrogen-bond donors (Lipinski definition) is 2. The normalized spacial score (nSPS) is 35.3. The molecule has 35 heavy (non-hydrogen) atoms. The van der Waals surface area contributed by atoms with Gasteiger partial charge in [-0.25, -0.2) is 0 Å². The minimum atomic E-state index is -4.48. The van der Waals surface area contributed by atoms with Crippen LogP contribution in [-0.2, 0) is 15.7 Å². The summed E-state index contributed by atoms with van der Waals surface area (Å²) in [4.78, 5) is 21.5. The van der Waals surface area contributed by atoms with Crippen LogP contribution in [0.5, 0.6) is 0 Å². The van der Waals surface area contributed by atoms with Gasteiger partial charge in [-0.05, 0) is 50.2 Å². The molecular weight excluding hydrogens is 461 g/mol. The largest absolute Gasteiger partial charge is 0.433 e. The van der Waals surface area contributed by atoms with Crippen LogP contribution in [0.1, 0.15) is 51.6 Å². The molecule has 194 valence electrons. The highest BCUT2D eigenvalue weighted by Gasteiger charge is 2.54. The maximum atomic E-state index is 14.0. The number of halogens is 3. The van der Waals surface area contributed by atoms with Crippen LogP contribution in [-0.4, -0.2) is 77.5 Å². The van der Waals surface area contributed by atoms with Crippen molar-refractivity contribution in [1.29, 1.82) is 0 Å². The summed E-state index contributed by atoms with van der Waals surface area (Å²) < 4.78 is 44.8. The van der Waals surface area contributed by atoms with Gasteiger partial charge >= 0.3 is 6.18 Å². The standard InChI is InChI=1S/C25H35F3N4O3/c1-15(2)24(6-3-16(11-24)30-20-5-8-35-14-21(20)33)23(34)32-13-18-9-19(32)12-31(18)17-4-7-29-22(10-17)25(26,27)28/h4,7,10,15-16,18-21,30,33H,3,5-6,8-9,11-14H2,1-2H3/t16-,18+,19+,20+,21-,24+/m1/s1. The van der Waals surface area contributed by atoms with Crippen molar-refractivity contribution in [2.24, 2.45) is 11.3 Å². The summed E-state index contributed by atoms with van der Waals surface area (Å²) in [6.07, 6.45) is 0.174. The predicted molar refractivity (Wildman–Crippen MR) is 124 cm³/mol. The minimum Gasteiger partial charge on any atom is -0.389 e. The third-order valence-electron chi connectivity index (χ3n) is 8.72. The molecule has 0 spiro atoms. The van der Waals surface area contributed by atoms with Gasteiger partial charge in [-0.15, -0.1) is 0 Å². The van der Waals surface area contributed by atoms with Crippen molar-refractivity contribution >= 4 is 11.6 Å². The Morgan fingerprint density at radius 2 is 2.09 bits per heavy atom. The number of aliphatic hydroxyl groups is 1. The molecule has 2 N–H and O–H groups in total. The number of likely N-dealkylation sites (tertiary alicyclic amines) is 1. The van der Waals surface area contributed by atoms with Gasteiger partial charge in [-0.3, -0.25) is 9.78 Å². The van der Waals surface area contributed by atoms with E-state index in [2.05, 4.69) is 24.1 Å². The first kappa shape index (κ1) is 24.8. The van der Waals surface area contributed by atoms with Gasteiger partial charge in [0.2, 0.25) is 5.91 Å².